The topological polar surface area (TPSA) is 30.0 Å². The highest BCUT2D eigenvalue weighted by Crippen LogP contribution is 2.36. The standard InChI is InChI=1S/C32H26ClNO/c1-21-31(22(2)35)32(29-19-18-27(33)20-30(29)34-21)28-11-7-6-10-26(28)17-14-23-12-15-25(16-13-23)24-8-4-3-5-9-24/h3-13,15-16,18-20H,14,17H2,1-2H3. The third-order valence-electron chi connectivity index (χ3n) is 6.51. The summed E-state index contributed by atoms with van der Waals surface area (Å²) < 4.78 is 0. The third kappa shape index (κ3) is 4.76. The smallest absolute Gasteiger partial charge is 0.162 e. The maximum Gasteiger partial charge on any atom is 0.162 e. The lowest BCUT2D eigenvalue weighted by atomic mass is 9.88. The van der Waals surface area contributed by atoms with E-state index in [9.17, 15) is 4.79 Å². The Balaban J connectivity index is 1.52. The van der Waals surface area contributed by atoms with E-state index >= 15 is 0 Å². The van der Waals surface area contributed by atoms with E-state index in [1.54, 1.807) is 6.92 Å². The molecule has 0 aliphatic carbocycles. The lowest BCUT2D eigenvalue weighted by Gasteiger charge is -2.17. The van der Waals surface area contributed by atoms with Crippen LogP contribution in [0.3, 0.4) is 0 Å². The van der Waals surface area contributed by atoms with Crippen LogP contribution in [0.15, 0.2) is 97.1 Å². The van der Waals surface area contributed by atoms with Crippen molar-refractivity contribution in [3.05, 3.63) is 124 Å². The van der Waals surface area contributed by atoms with Gasteiger partial charge in [0, 0.05) is 27.2 Å². The number of benzene rings is 4. The number of ketones is 1. The van der Waals surface area contributed by atoms with E-state index in [4.69, 9.17) is 16.6 Å². The van der Waals surface area contributed by atoms with Crippen molar-refractivity contribution >= 4 is 28.3 Å². The predicted molar refractivity (Wildman–Crippen MR) is 146 cm³/mol. The lowest BCUT2D eigenvalue weighted by molar-refractivity contribution is 0.101. The molecule has 0 aliphatic rings. The molecule has 5 aromatic rings. The van der Waals surface area contributed by atoms with Crippen molar-refractivity contribution in [3.8, 4) is 22.3 Å². The molecule has 1 aromatic heterocycles. The van der Waals surface area contributed by atoms with E-state index in [2.05, 4.69) is 66.7 Å². The molecule has 1 heterocycles. The lowest BCUT2D eigenvalue weighted by Crippen LogP contribution is -2.05. The Morgan fingerprint density at radius 3 is 2.23 bits per heavy atom. The van der Waals surface area contributed by atoms with Crippen LogP contribution in [0.25, 0.3) is 33.2 Å². The minimum Gasteiger partial charge on any atom is -0.294 e. The summed E-state index contributed by atoms with van der Waals surface area (Å²) in [5.41, 5.74) is 9.19. The van der Waals surface area contributed by atoms with Crippen LogP contribution < -0.4 is 0 Å². The second-order valence-corrected chi connectivity index (χ2v) is 9.32. The van der Waals surface area contributed by atoms with Gasteiger partial charge in [-0.05, 0) is 66.6 Å². The SMILES string of the molecule is CC(=O)c1c(C)nc2cc(Cl)ccc2c1-c1ccccc1CCc1ccc(-c2ccccc2)cc1. The van der Waals surface area contributed by atoms with Gasteiger partial charge in [-0.3, -0.25) is 9.78 Å². The van der Waals surface area contributed by atoms with Crippen molar-refractivity contribution in [1.82, 2.24) is 4.98 Å². The van der Waals surface area contributed by atoms with E-state index in [1.807, 2.05) is 37.3 Å². The maximum atomic E-state index is 12.7. The van der Waals surface area contributed by atoms with Crippen LogP contribution in [0.4, 0.5) is 0 Å². The van der Waals surface area contributed by atoms with Crippen molar-refractivity contribution in [3.63, 3.8) is 0 Å². The zero-order chi connectivity index (χ0) is 24.4. The van der Waals surface area contributed by atoms with Gasteiger partial charge < -0.3 is 0 Å². The molecule has 0 saturated carbocycles. The molecule has 0 atom stereocenters. The molecule has 0 spiro atoms. The number of hydrogen-bond acceptors (Lipinski definition) is 2. The first-order valence-corrected chi connectivity index (χ1v) is 12.2. The second kappa shape index (κ2) is 9.85. The zero-order valence-electron chi connectivity index (χ0n) is 19.9. The molecule has 0 radical (unpaired) electrons. The van der Waals surface area contributed by atoms with Crippen molar-refractivity contribution < 1.29 is 4.79 Å². The quantitative estimate of drug-likeness (QED) is 0.230. The Kier molecular flexibility index (Phi) is 6.48. The maximum absolute atomic E-state index is 12.7. The summed E-state index contributed by atoms with van der Waals surface area (Å²) in [7, 11) is 0. The highest BCUT2D eigenvalue weighted by molar-refractivity contribution is 6.31. The first-order chi connectivity index (χ1) is 17.0. The molecule has 172 valence electrons. The van der Waals surface area contributed by atoms with Crippen molar-refractivity contribution in [2.75, 3.05) is 0 Å². The van der Waals surface area contributed by atoms with E-state index in [0.717, 1.165) is 40.6 Å². The zero-order valence-corrected chi connectivity index (χ0v) is 20.6. The normalized spacial score (nSPS) is 11.1. The van der Waals surface area contributed by atoms with Crippen LogP contribution in [0.2, 0.25) is 5.02 Å². The van der Waals surface area contributed by atoms with Crippen molar-refractivity contribution in [1.29, 1.82) is 0 Å². The van der Waals surface area contributed by atoms with Crippen LogP contribution in [0, 0.1) is 6.92 Å². The Hall–Kier alpha value is -3.75. The number of Topliss-reactive ketones (excluding diaryl/α,β-unsaturated/α-hetero) is 1. The monoisotopic (exact) mass is 475 g/mol. The van der Waals surface area contributed by atoms with Gasteiger partial charge in [-0.1, -0.05) is 96.5 Å². The molecule has 0 N–H and O–H groups in total. The summed E-state index contributed by atoms with van der Waals surface area (Å²) in [6, 6.07) is 33.3. The highest BCUT2D eigenvalue weighted by Gasteiger charge is 2.20. The fraction of sp³-hybridized carbons (Fsp3) is 0.125. The number of pyridine rings is 1. The molecule has 0 bridgehead atoms. The Morgan fingerprint density at radius 1 is 0.800 bits per heavy atom. The summed E-state index contributed by atoms with van der Waals surface area (Å²) in [4.78, 5) is 17.4. The predicted octanol–water partition coefficient (Wildman–Crippen LogP) is 8.52. The number of halogens is 1. The summed E-state index contributed by atoms with van der Waals surface area (Å²) in [5, 5.41) is 1.59. The highest BCUT2D eigenvalue weighted by atomic mass is 35.5. The molecule has 0 unspecified atom stereocenters. The van der Waals surface area contributed by atoms with Gasteiger partial charge in [0.1, 0.15) is 0 Å². The van der Waals surface area contributed by atoms with Gasteiger partial charge >= 0.3 is 0 Å². The van der Waals surface area contributed by atoms with Gasteiger partial charge in [-0.2, -0.15) is 0 Å². The number of hydrogen-bond donors (Lipinski definition) is 0. The number of fused-ring (bicyclic) bond motifs is 1. The van der Waals surface area contributed by atoms with Crippen molar-refractivity contribution in [2.45, 2.75) is 26.7 Å². The molecule has 4 aromatic carbocycles. The van der Waals surface area contributed by atoms with Crippen LogP contribution >= 0.6 is 11.6 Å². The Labute approximate surface area is 211 Å². The van der Waals surface area contributed by atoms with E-state index in [0.29, 0.717) is 10.6 Å². The van der Waals surface area contributed by atoms with Crippen molar-refractivity contribution in [2.24, 2.45) is 0 Å². The van der Waals surface area contributed by atoms with Crippen LogP contribution in [-0.4, -0.2) is 10.8 Å². The summed E-state index contributed by atoms with van der Waals surface area (Å²) in [6.45, 7) is 3.52. The molecule has 35 heavy (non-hydrogen) atoms. The van der Waals surface area contributed by atoms with Gasteiger partial charge in [0.05, 0.1) is 5.52 Å². The van der Waals surface area contributed by atoms with E-state index in [-0.39, 0.29) is 5.78 Å². The molecule has 0 aliphatic heterocycles. The minimum atomic E-state index is 0.0214. The first-order valence-electron chi connectivity index (χ1n) is 11.8. The molecule has 2 nitrogen and oxygen atoms in total. The summed E-state index contributed by atoms with van der Waals surface area (Å²) >= 11 is 6.26. The average molecular weight is 476 g/mol. The number of carbonyl (C=O) groups excluding carboxylic acids is 1. The number of carbonyl (C=O) groups is 1. The molecule has 0 saturated heterocycles. The van der Waals surface area contributed by atoms with Gasteiger partial charge in [0.15, 0.2) is 5.78 Å². The number of rotatable bonds is 6. The number of aromatic nitrogens is 1. The van der Waals surface area contributed by atoms with Crippen LogP contribution in [0.1, 0.15) is 34.1 Å². The van der Waals surface area contributed by atoms with Gasteiger partial charge in [0.25, 0.3) is 0 Å². The molecular weight excluding hydrogens is 450 g/mol. The largest absolute Gasteiger partial charge is 0.294 e. The van der Waals surface area contributed by atoms with Crippen LogP contribution in [-0.2, 0) is 12.8 Å². The molecule has 3 heteroatoms. The van der Waals surface area contributed by atoms with E-state index in [1.165, 1.54) is 22.3 Å². The third-order valence-corrected chi connectivity index (χ3v) is 6.75. The molecule has 0 fully saturated rings. The van der Waals surface area contributed by atoms with Gasteiger partial charge in [0.2, 0.25) is 0 Å². The minimum absolute atomic E-state index is 0.0214. The Bertz CT molecular complexity index is 1520. The van der Waals surface area contributed by atoms with Gasteiger partial charge in [-0.15, -0.1) is 0 Å². The first kappa shape index (κ1) is 23.0. The molecule has 0 amide bonds. The summed E-state index contributed by atoms with van der Waals surface area (Å²) in [5.74, 6) is 0.0214. The molecule has 5 rings (SSSR count). The fourth-order valence-electron chi connectivity index (χ4n) is 4.83. The second-order valence-electron chi connectivity index (χ2n) is 8.88. The average Bonchev–Trinajstić information content (AvgIpc) is 2.87. The fourth-order valence-corrected chi connectivity index (χ4v) is 4.99. The number of nitrogens with zero attached hydrogens (tertiary/aromatic N) is 1. The van der Waals surface area contributed by atoms with Gasteiger partial charge in [-0.25, -0.2) is 0 Å². The van der Waals surface area contributed by atoms with Crippen LogP contribution in [0.5, 0.6) is 0 Å². The van der Waals surface area contributed by atoms with E-state index < -0.39 is 0 Å². The Morgan fingerprint density at radius 2 is 1.49 bits per heavy atom. The summed E-state index contributed by atoms with van der Waals surface area (Å²) in [6.07, 6.45) is 1.78. The molecular formula is C32H26ClNO. The number of aryl methyl sites for hydroxylation is 3.